The lowest BCUT2D eigenvalue weighted by Gasteiger charge is -2.30. The molecule has 2 fully saturated rings. The van der Waals surface area contributed by atoms with E-state index in [0.29, 0.717) is 25.7 Å². The van der Waals surface area contributed by atoms with E-state index in [4.69, 9.17) is 4.74 Å². The molecule has 1 heterocycles. The number of hydrogen-bond donors (Lipinski definition) is 2. The number of nitrogens with zero attached hydrogens (tertiary/aromatic N) is 1. The number of carbonyl (C=O) groups is 1. The Balaban J connectivity index is 1.58. The number of hydrogen-bond acceptors (Lipinski definition) is 4. The third-order valence-corrected chi connectivity index (χ3v) is 4.73. The van der Waals surface area contributed by atoms with E-state index in [9.17, 15) is 9.90 Å². The number of morpholine rings is 1. The highest BCUT2D eigenvalue weighted by molar-refractivity contribution is 5.89. The van der Waals surface area contributed by atoms with Gasteiger partial charge in [0.2, 0.25) is 0 Å². The van der Waals surface area contributed by atoms with Gasteiger partial charge in [-0.1, -0.05) is 24.3 Å². The van der Waals surface area contributed by atoms with E-state index in [2.05, 4.69) is 11.4 Å². The molecule has 0 radical (unpaired) electrons. The second-order valence-corrected chi connectivity index (χ2v) is 6.60. The Morgan fingerprint density at radius 1 is 1.29 bits per heavy atom. The van der Waals surface area contributed by atoms with Gasteiger partial charge < -0.3 is 20.1 Å². The van der Waals surface area contributed by atoms with Gasteiger partial charge >= 0.3 is 0 Å². The van der Waals surface area contributed by atoms with Crippen LogP contribution in [0, 0.1) is 0 Å². The second kappa shape index (κ2) is 6.42. The Labute approximate surface area is 141 Å². The van der Waals surface area contributed by atoms with Crippen molar-refractivity contribution in [3.8, 4) is 5.75 Å². The number of fused-ring (bicyclic) bond motifs is 1. The van der Waals surface area contributed by atoms with E-state index in [-0.39, 0.29) is 11.7 Å². The third-order valence-electron chi connectivity index (χ3n) is 4.73. The van der Waals surface area contributed by atoms with Gasteiger partial charge in [-0.3, -0.25) is 4.79 Å². The Hall–Kier alpha value is -2.11. The fraction of sp³-hybridized carbons (Fsp3) is 0.421. The lowest BCUT2D eigenvalue weighted by Crippen LogP contribution is -2.49. The summed E-state index contributed by atoms with van der Waals surface area (Å²) in [5.74, 6) is 0.319. The van der Waals surface area contributed by atoms with Gasteiger partial charge in [0.25, 0.3) is 5.91 Å². The number of nitrogens with one attached hydrogen (secondary N) is 1. The zero-order chi connectivity index (χ0) is 16.5. The highest BCUT2D eigenvalue weighted by Gasteiger charge is 2.36. The van der Waals surface area contributed by atoms with Crippen molar-refractivity contribution in [1.82, 2.24) is 10.2 Å². The van der Waals surface area contributed by atoms with Gasteiger partial charge in [0, 0.05) is 31.1 Å². The normalized spacial score (nSPS) is 20.9. The Morgan fingerprint density at radius 2 is 2.12 bits per heavy atom. The molecule has 2 aliphatic rings. The molecule has 1 aliphatic carbocycles. The van der Waals surface area contributed by atoms with Crippen LogP contribution in [0.25, 0.3) is 10.8 Å². The lowest BCUT2D eigenvalue weighted by atomic mass is 10.1. The van der Waals surface area contributed by atoms with Gasteiger partial charge in [0.05, 0.1) is 6.61 Å². The molecule has 0 bridgehead atoms. The molecule has 5 nitrogen and oxygen atoms in total. The molecule has 0 unspecified atom stereocenters. The van der Waals surface area contributed by atoms with E-state index in [1.165, 1.54) is 0 Å². The molecular weight excluding hydrogens is 304 g/mol. The van der Waals surface area contributed by atoms with Crippen molar-refractivity contribution < 1.29 is 14.6 Å². The largest absolute Gasteiger partial charge is 0.507 e. The number of ether oxygens (including phenoxy) is 1. The number of phenolic OH excluding ortho intramolecular Hbond substituents is 1. The molecule has 2 N–H and O–H groups in total. The summed E-state index contributed by atoms with van der Waals surface area (Å²) in [6.45, 7) is 2.46. The van der Waals surface area contributed by atoms with Crippen LogP contribution in [0.2, 0.25) is 0 Å². The van der Waals surface area contributed by atoms with Crippen molar-refractivity contribution in [2.45, 2.75) is 31.5 Å². The number of benzene rings is 2. The minimum atomic E-state index is -0.395. The highest BCUT2D eigenvalue weighted by Crippen LogP contribution is 2.32. The van der Waals surface area contributed by atoms with E-state index in [1.807, 2.05) is 29.2 Å². The molecule has 1 aliphatic heterocycles. The van der Waals surface area contributed by atoms with Gasteiger partial charge in [-0.25, -0.2) is 0 Å². The fourth-order valence-electron chi connectivity index (χ4n) is 3.32. The van der Waals surface area contributed by atoms with Crippen molar-refractivity contribution >= 4 is 16.7 Å². The Kier molecular flexibility index (Phi) is 4.12. The molecule has 126 valence electrons. The maximum Gasteiger partial charge on any atom is 0.253 e. The average Bonchev–Trinajstić information content (AvgIpc) is 3.45. The number of aromatic hydroxyl groups is 1. The summed E-state index contributed by atoms with van der Waals surface area (Å²) in [5.41, 5.74) is 0.954. The van der Waals surface area contributed by atoms with Crippen LogP contribution >= 0.6 is 0 Å². The molecule has 0 aromatic heterocycles. The topological polar surface area (TPSA) is 61.8 Å². The van der Waals surface area contributed by atoms with Crippen molar-refractivity contribution in [3.63, 3.8) is 0 Å². The van der Waals surface area contributed by atoms with Gasteiger partial charge in [-0.05, 0) is 35.9 Å². The zero-order valence-corrected chi connectivity index (χ0v) is 13.6. The van der Waals surface area contributed by atoms with Gasteiger partial charge in [0.15, 0.2) is 0 Å². The number of rotatable bonds is 4. The van der Waals surface area contributed by atoms with Crippen molar-refractivity contribution in [3.05, 3.63) is 42.0 Å². The summed E-state index contributed by atoms with van der Waals surface area (Å²) in [7, 11) is 0. The molecule has 2 aromatic rings. The van der Waals surface area contributed by atoms with Gasteiger partial charge in [0.1, 0.15) is 11.9 Å². The smallest absolute Gasteiger partial charge is 0.253 e. The number of carbonyl (C=O) groups excluding carboxylic acids is 1. The van der Waals surface area contributed by atoms with Gasteiger partial charge in [-0.2, -0.15) is 0 Å². The van der Waals surface area contributed by atoms with E-state index < -0.39 is 6.10 Å². The molecule has 5 heteroatoms. The molecule has 1 saturated carbocycles. The predicted molar refractivity (Wildman–Crippen MR) is 91.8 cm³/mol. The lowest BCUT2D eigenvalue weighted by molar-refractivity contribution is -0.146. The Bertz CT molecular complexity index is 751. The summed E-state index contributed by atoms with van der Waals surface area (Å²) in [6, 6.07) is 11.9. The predicted octanol–water partition coefficient (Wildman–Crippen LogP) is 2.02. The van der Waals surface area contributed by atoms with Crippen molar-refractivity contribution in [2.24, 2.45) is 0 Å². The summed E-state index contributed by atoms with van der Waals surface area (Å²) in [4.78, 5) is 14.7. The summed E-state index contributed by atoms with van der Waals surface area (Å²) >= 11 is 0. The monoisotopic (exact) mass is 326 g/mol. The van der Waals surface area contributed by atoms with Gasteiger partial charge in [-0.15, -0.1) is 0 Å². The number of phenols is 1. The first-order valence-corrected chi connectivity index (χ1v) is 8.56. The van der Waals surface area contributed by atoms with Crippen LogP contribution in [0.3, 0.4) is 0 Å². The summed E-state index contributed by atoms with van der Waals surface area (Å²) < 4.78 is 5.63. The first-order chi connectivity index (χ1) is 11.7. The SMILES string of the molecule is O=C([C@H]1CNCCO1)N(Cc1cc(O)c2ccccc2c1)C1CC1. The molecule has 2 aromatic carbocycles. The average molecular weight is 326 g/mol. The zero-order valence-electron chi connectivity index (χ0n) is 13.6. The first kappa shape index (κ1) is 15.4. The first-order valence-electron chi connectivity index (χ1n) is 8.56. The van der Waals surface area contributed by atoms with Crippen molar-refractivity contribution in [2.75, 3.05) is 19.7 Å². The molecular formula is C19H22N2O3. The van der Waals surface area contributed by atoms with Crippen LogP contribution in [0.5, 0.6) is 5.75 Å². The standard InChI is InChI=1S/C19H22N2O3/c22-17-10-13(9-14-3-1-2-4-16(14)17)12-21(15-5-6-15)19(23)18-11-20-7-8-24-18/h1-4,9-10,15,18,20,22H,5-8,11-12H2/t18-/m1/s1. The molecule has 1 saturated heterocycles. The quantitative estimate of drug-likeness (QED) is 0.902. The van der Waals surface area contributed by atoms with Crippen LogP contribution in [0.1, 0.15) is 18.4 Å². The number of amides is 1. The summed E-state index contributed by atoms with van der Waals surface area (Å²) in [5, 5.41) is 15.3. The third kappa shape index (κ3) is 3.09. The molecule has 0 spiro atoms. The minimum absolute atomic E-state index is 0.0531. The molecule has 1 atom stereocenters. The van der Waals surface area contributed by atoms with E-state index in [1.54, 1.807) is 6.07 Å². The fourth-order valence-corrected chi connectivity index (χ4v) is 3.32. The van der Waals surface area contributed by atoms with Crippen LogP contribution in [-0.4, -0.2) is 47.8 Å². The molecule has 24 heavy (non-hydrogen) atoms. The van der Waals surface area contributed by atoms with Crippen LogP contribution in [0.4, 0.5) is 0 Å². The summed E-state index contributed by atoms with van der Waals surface area (Å²) in [6.07, 6.45) is 1.70. The van der Waals surface area contributed by atoms with E-state index in [0.717, 1.165) is 35.7 Å². The van der Waals surface area contributed by atoms with Crippen LogP contribution in [0.15, 0.2) is 36.4 Å². The molecule has 1 amide bonds. The second-order valence-electron chi connectivity index (χ2n) is 6.60. The Morgan fingerprint density at radius 3 is 2.88 bits per heavy atom. The maximum absolute atomic E-state index is 12.8. The minimum Gasteiger partial charge on any atom is -0.507 e. The van der Waals surface area contributed by atoms with Crippen molar-refractivity contribution in [1.29, 1.82) is 0 Å². The van der Waals surface area contributed by atoms with Crippen LogP contribution in [-0.2, 0) is 16.1 Å². The highest BCUT2D eigenvalue weighted by atomic mass is 16.5. The molecule has 4 rings (SSSR count). The van der Waals surface area contributed by atoms with E-state index >= 15 is 0 Å². The van der Waals surface area contributed by atoms with Crippen LogP contribution < -0.4 is 5.32 Å². The maximum atomic E-state index is 12.8.